The summed E-state index contributed by atoms with van der Waals surface area (Å²) in [5.41, 5.74) is 1.21. The first kappa shape index (κ1) is 13.2. The molecule has 0 saturated heterocycles. The first-order valence-corrected chi connectivity index (χ1v) is 6.13. The predicted molar refractivity (Wildman–Crippen MR) is 65.4 cm³/mol. The number of hydrogen-bond donors (Lipinski definition) is 2. The van der Waals surface area contributed by atoms with E-state index in [-0.39, 0.29) is 0 Å². The van der Waals surface area contributed by atoms with E-state index in [9.17, 15) is 0 Å². The number of rotatable bonds is 9. The van der Waals surface area contributed by atoms with E-state index in [0.717, 1.165) is 32.5 Å². The third-order valence-corrected chi connectivity index (χ3v) is 2.54. The predicted octanol–water partition coefficient (Wildman–Crippen LogP) is 1.33. The van der Waals surface area contributed by atoms with Gasteiger partial charge in [-0.2, -0.15) is 5.10 Å². The lowest BCUT2D eigenvalue weighted by Gasteiger charge is -2.04. The van der Waals surface area contributed by atoms with E-state index < -0.39 is 0 Å². The zero-order valence-corrected chi connectivity index (χ0v) is 10.2. The van der Waals surface area contributed by atoms with Crippen molar-refractivity contribution in [3.63, 3.8) is 0 Å². The third-order valence-electron chi connectivity index (χ3n) is 2.54. The van der Waals surface area contributed by atoms with Crippen molar-refractivity contribution in [2.24, 2.45) is 0 Å². The lowest BCUT2D eigenvalue weighted by atomic mass is 10.2. The summed E-state index contributed by atoms with van der Waals surface area (Å²) in [4.78, 5) is 0. The van der Waals surface area contributed by atoms with Crippen LogP contribution in [0.3, 0.4) is 0 Å². The smallest absolute Gasteiger partial charge is 0.0534 e. The van der Waals surface area contributed by atoms with Crippen LogP contribution in [0.4, 0.5) is 0 Å². The van der Waals surface area contributed by atoms with Gasteiger partial charge in [0.25, 0.3) is 0 Å². The van der Waals surface area contributed by atoms with Gasteiger partial charge in [0.05, 0.1) is 12.7 Å². The molecule has 0 fully saturated rings. The third kappa shape index (κ3) is 5.88. The van der Waals surface area contributed by atoms with Gasteiger partial charge in [-0.1, -0.05) is 12.8 Å². The van der Waals surface area contributed by atoms with Crippen molar-refractivity contribution >= 4 is 0 Å². The number of aliphatic hydroxyl groups excluding tert-OH is 1. The summed E-state index contributed by atoms with van der Waals surface area (Å²) in [7, 11) is 0. The second kappa shape index (κ2) is 8.30. The number of aliphatic hydroxyl groups is 1. The molecule has 16 heavy (non-hydrogen) atoms. The van der Waals surface area contributed by atoms with Crippen molar-refractivity contribution in [3.05, 3.63) is 18.0 Å². The Morgan fingerprint density at radius 2 is 2.06 bits per heavy atom. The maximum Gasteiger partial charge on any atom is 0.0534 e. The fraction of sp³-hybridized carbons (Fsp3) is 0.750. The molecule has 0 radical (unpaired) electrons. The highest BCUT2D eigenvalue weighted by Crippen LogP contribution is 1.97. The molecule has 0 spiro atoms. The number of nitrogens with zero attached hydrogens (tertiary/aromatic N) is 2. The van der Waals surface area contributed by atoms with Gasteiger partial charge in [-0.25, -0.2) is 0 Å². The minimum absolute atomic E-state index is 0.325. The maximum absolute atomic E-state index is 8.61. The highest BCUT2D eigenvalue weighted by atomic mass is 16.2. The average Bonchev–Trinajstić information content (AvgIpc) is 2.68. The summed E-state index contributed by atoms with van der Waals surface area (Å²) in [5, 5.41) is 16.2. The van der Waals surface area contributed by atoms with E-state index in [1.54, 1.807) is 0 Å². The van der Waals surface area contributed by atoms with Crippen LogP contribution in [0.25, 0.3) is 0 Å². The van der Waals surface area contributed by atoms with Crippen LogP contribution >= 0.6 is 0 Å². The number of aromatic nitrogens is 2. The molecule has 1 aromatic rings. The van der Waals surface area contributed by atoms with Gasteiger partial charge in [-0.3, -0.25) is 4.68 Å². The Morgan fingerprint density at radius 3 is 2.75 bits per heavy atom. The molecular formula is C12H23N3O. The first-order chi connectivity index (χ1) is 7.83. The Hall–Kier alpha value is -0.870. The van der Waals surface area contributed by atoms with E-state index in [2.05, 4.69) is 23.5 Å². The molecule has 0 saturated carbocycles. The van der Waals surface area contributed by atoms with E-state index >= 15 is 0 Å². The van der Waals surface area contributed by atoms with Crippen LogP contribution in [0.1, 0.15) is 31.2 Å². The largest absolute Gasteiger partial charge is 0.396 e. The molecule has 1 aromatic heterocycles. The molecule has 1 heterocycles. The Kier molecular flexibility index (Phi) is 6.85. The van der Waals surface area contributed by atoms with Crippen LogP contribution in [-0.4, -0.2) is 34.6 Å². The average molecular weight is 225 g/mol. The quantitative estimate of drug-likeness (QED) is 0.623. The van der Waals surface area contributed by atoms with Crippen molar-refractivity contribution in [3.8, 4) is 0 Å². The van der Waals surface area contributed by atoms with Crippen LogP contribution in [0.2, 0.25) is 0 Å². The second-order valence-electron chi connectivity index (χ2n) is 4.17. The highest BCUT2D eigenvalue weighted by molar-refractivity contribution is 4.99. The minimum atomic E-state index is 0.325. The monoisotopic (exact) mass is 225 g/mol. The van der Waals surface area contributed by atoms with Crippen molar-refractivity contribution < 1.29 is 5.11 Å². The van der Waals surface area contributed by atoms with Crippen LogP contribution in [0, 0.1) is 6.92 Å². The fourth-order valence-corrected chi connectivity index (χ4v) is 1.62. The molecule has 4 heteroatoms. The zero-order chi connectivity index (χ0) is 11.6. The second-order valence-corrected chi connectivity index (χ2v) is 4.17. The van der Waals surface area contributed by atoms with Crippen molar-refractivity contribution in [1.29, 1.82) is 0 Å². The number of hydrogen-bond acceptors (Lipinski definition) is 3. The van der Waals surface area contributed by atoms with Gasteiger partial charge < -0.3 is 10.4 Å². The summed E-state index contributed by atoms with van der Waals surface area (Å²) in [6.07, 6.45) is 8.41. The standard InChI is InChI=1S/C12H23N3O/c1-12-10-14-15(11-12)8-7-13-6-4-2-3-5-9-16/h10-11,13,16H,2-9H2,1H3. The summed E-state index contributed by atoms with van der Waals surface area (Å²) in [5.74, 6) is 0. The Bertz CT molecular complexity index is 273. The molecule has 4 nitrogen and oxygen atoms in total. The molecule has 0 unspecified atom stereocenters. The van der Waals surface area contributed by atoms with Gasteiger partial charge in [0.2, 0.25) is 0 Å². The Morgan fingerprint density at radius 1 is 1.25 bits per heavy atom. The van der Waals surface area contributed by atoms with Crippen LogP contribution in [0.15, 0.2) is 12.4 Å². The van der Waals surface area contributed by atoms with Crippen LogP contribution in [0.5, 0.6) is 0 Å². The van der Waals surface area contributed by atoms with Gasteiger partial charge >= 0.3 is 0 Å². The number of aryl methyl sites for hydroxylation is 1. The molecule has 0 amide bonds. The SMILES string of the molecule is Cc1cnn(CCNCCCCCCO)c1. The number of nitrogens with one attached hydrogen (secondary N) is 1. The molecule has 0 atom stereocenters. The molecule has 0 aromatic carbocycles. The lowest BCUT2D eigenvalue weighted by molar-refractivity contribution is 0.282. The van der Waals surface area contributed by atoms with E-state index in [4.69, 9.17) is 5.11 Å². The first-order valence-electron chi connectivity index (χ1n) is 6.13. The number of unbranched alkanes of at least 4 members (excludes halogenated alkanes) is 3. The minimum Gasteiger partial charge on any atom is -0.396 e. The van der Waals surface area contributed by atoms with Gasteiger partial charge in [-0.15, -0.1) is 0 Å². The van der Waals surface area contributed by atoms with Crippen molar-refractivity contribution in [2.45, 2.75) is 39.2 Å². The summed E-state index contributed by atoms with van der Waals surface area (Å²) < 4.78 is 1.97. The molecule has 0 aliphatic rings. The Labute approximate surface area is 97.7 Å². The van der Waals surface area contributed by atoms with E-state index in [1.165, 1.54) is 18.4 Å². The van der Waals surface area contributed by atoms with Gasteiger partial charge in [0, 0.05) is 19.3 Å². The fourth-order valence-electron chi connectivity index (χ4n) is 1.62. The molecule has 1 rings (SSSR count). The molecule has 0 bridgehead atoms. The van der Waals surface area contributed by atoms with Gasteiger partial charge in [-0.05, 0) is 31.9 Å². The molecule has 2 N–H and O–H groups in total. The van der Waals surface area contributed by atoms with E-state index in [1.807, 2.05) is 10.9 Å². The zero-order valence-electron chi connectivity index (χ0n) is 10.2. The van der Waals surface area contributed by atoms with Gasteiger partial charge in [0.1, 0.15) is 0 Å². The maximum atomic E-state index is 8.61. The summed E-state index contributed by atoms with van der Waals surface area (Å²) in [6.45, 7) is 5.35. The molecule has 0 aliphatic heterocycles. The topological polar surface area (TPSA) is 50.1 Å². The molecule has 0 aliphatic carbocycles. The van der Waals surface area contributed by atoms with Crippen LogP contribution in [-0.2, 0) is 6.54 Å². The van der Waals surface area contributed by atoms with E-state index in [0.29, 0.717) is 6.61 Å². The summed E-state index contributed by atoms with van der Waals surface area (Å²) >= 11 is 0. The van der Waals surface area contributed by atoms with Gasteiger partial charge in [0.15, 0.2) is 0 Å². The van der Waals surface area contributed by atoms with Crippen molar-refractivity contribution in [2.75, 3.05) is 19.7 Å². The van der Waals surface area contributed by atoms with Crippen molar-refractivity contribution in [1.82, 2.24) is 15.1 Å². The van der Waals surface area contributed by atoms with Crippen LogP contribution < -0.4 is 5.32 Å². The molecule has 92 valence electrons. The summed E-state index contributed by atoms with van der Waals surface area (Å²) in [6, 6.07) is 0. The highest BCUT2D eigenvalue weighted by Gasteiger charge is 1.93. The molecular weight excluding hydrogens is 202 g/mol. The lowest BCUT2D eigenvalue weighted by Crippen LogP contribution is -2.21. The normalized spacial score (nSPS) is 10.9. The Balaban J connectivity index is 1.88.